The Kier molecular flexibility index (Phi) is 6.28. The van der Waals surface area contributed by atoms with Gasteiger partial charge in [0.25, 0.3) is 0 Å². The fourth-order valence-corrected chi connectivity index (χ4v) is 4.44. The van der Waals surface area contributed by atoms with Crippen molar-refractivity contribution in [1.29, 1.82) is 0 Å². The van der Waals surface area contributed by atoms with Crippen LogP contribution in [0.3, 0.4) is 0 Å². The highest BCUT2D eigenvalue weighted by atomic mass is 16.5. The van der Waals surface area contributed by atoms with E-state index in [9.17, 15) is 4.79 Å². The number of likely N-dealkylation sites (tertiary alicyclic amines) is 1. The van der Waals surface area contributed by atoms with Gasteiger partial charge in [-0.2, -0.15) is 0 Å². The fourth-order valence-electron chi connectivity index (χ4n) is 4.44. The molecule has 160 valence electrons. The van der Waals surface area contributed by atoms with Gasteiger partial charge in [0, 0.05) is 26.1 Å². The third-order valence-corrected chi connectivity index (χ3v) is 6.19. The Morgan fingerprint density at radius 2 is 1.87 bits per heavy atom. The summed E-state index contributed by atoms with van der Waals surface area (Å²) in [6.45, 7) is 7.63. The first-order valence-electron chi connectivity index (χ1n) is 10.9. The lowest BCUT2D eigenvalue weighted by molar-refractivity contribution is -0.131. The van der Waals surface area contributed by atoms with Crippen molar-refractivity contribution < 1.29 is 14.3 Å². The van der Waals surface area contributed by atoms with E-state index >= 15 is 0 Å². The van der Waals surface area contributed by atoms with Crippen LogP contribution in [-0.2, 0) is 11.3 Å². The topological polar surface area (TPSA) is 42.0 Å². The van der Waals surface area contributed by atoms with E-state index in [0.717, 1.165) is 37.3 Å². The summed E-state index contributed by atoms with van der Waals surface area (Å²) in [6, 6.07) is 12.9. The zero-order valence-electron chi connectivity index (χ0n) is 18.3. The van der Waals surface area contributed by atoms with E-state index in [1.54, 1.807) is 0 Å². The smallest absolute Gasteiger partial charge is 0.236 e. The molecule has 0 aliphatic carbocycles. The SMILES string of the molecule is Cc1ccc(CN(C)C(=O)CN2CCC[C@@H]2c2ccc3c(c2)OCCCO3)c(C)c1. The number of rotatable bonds is 5. The van der Waals surface area contributed by atoms with Crippen molar-refractivity contribution in [2.75, 3.05) is 33.4 Å². The van der Waals surface area contributed by atoms with Gasteiger partial charge >= 0.3 is 0 Å². The number of benzene rings is 2. The summed E-state index contributed by atoms with van der Waals surface area (Å²) in [5.41, 5.74) is 4.90. The maximum Gasteiger partial charge on any atom is 0.236 e. The maximum absolute atomic E-state index is 13.0. The molecule has 0 bridgehead atoms. The lowest BCUT2D eigenvalue weighted by Crippen LogP contribution is -2.38. The van der Waals surface area contributed by atoms with Crippen LogP contribution in [0.15, 0.2) is 36.4 Å². The Morgan fingerprint density at radius 3 is 2.67 bits per heavy atom. The average Bonchev–Trinajstić information content (AvgIpc) is 3.05. The Bertz CT molecular complexity index is 911. The van der Waals surface area contributed by atoms with E-state index in [-0.39, 0.29) is 11.9 Å². The van der Waals surface area contributed by atoms with E-state index in [4.69, 9.17) is 9.47 Å². The van der Waals surface area contributed by atoms with Crippen LogP contribution in [0.1, 0.15) is 47.6 Å². The molecule has 0 aromatic heterocycles. The van der Waals surface area contributed by atoms with Crippen molar-refractivity contribution in [3.05, 3.63) is 58.7 Å². The van der Waals surface area contributed by atoms with Crippen molar-refractivity contribution in [2.24, 2.45) is 0 Å². The van der Waals surface area contributed by atoms with E-state index in [1.807, 2.05) is 18.0 Å². The second-order valence-electron chi connectivity index (χ2n) is 8.56. The number of carbonyl (C=O) groups is 1. The van der Waals surface area contributed by atoms with Gasteiger partial charge in [0.2, 0.25) is 5.91 Å². The minimum Gasteiger partial charge on any atom is -0.490 e. The van der Waals surface area contributed by atoms with Crippen LogP contribution in [0, 0.1) is 13.8 Å². The molecule has 1 fully saturated rings. The van der Waals surface area contributed by atoms with Gasteiger partial charge in [-0.05, 0) is 62.1 Å². The summed E-state index contributed by atoms with van der Waals surface area (Å²) >= 11 is 0. The number of carbonyl (C=O) groups excluding carboxylic acids is 1. The first kappa shape index (κ1) is 20.7. The molecule has 5 nitrogen and oxygen atoms in total. The van der Waals surface area contributed by atoms with Crippen LogP contribution >= 0.6 is 0 Å². The number of likely N-dealkylation sites (N-methyl/N-ethyl adjacent to an activating group) is 1. The molecule has 2 aromatic carbocycles. The second kappa shape index (κ2) is 9.09. The van der Waals surface area contributed by atoms with Crippen molar-refractivity contribution in [3.8, 4) is 11.5 Å². The van der Waals surface area contributed by atoms with E-state index in [0.29, 0.717) is 26.3 Å². The van der Waals surface area contributed by atoms with Crippen LogP contribution < -0.4 is 9.47 Å². The third kappa shape index (κ3) is 4.62. The van der Waals surface area contributed by atoms with Crippen molar-refractivity contribution in [2.45, 2.75) is 45.7 Å². The number of aryl methyl sites for hydroxylation is 2. The van der Waals surface area contributed by atoms with Crippen LogP contribution in [0.5, 0.6) is 11.5 Å². The summed E-state index contributed by atoms with van der Waals surface area (Å²) < 4.78 is 11.6. The van der Waals surface area contributed by atoms with Gasteiger partial charge in [0.1, 0.15) is 0 Å². The van der Waals surface area contributed by atoms with Crippen LogP contribution in [0.2, 0.25) is 0 Å². The van der Waals surface area contributed by atoms with Gasteiger partial charge in [0.15, 0.2) is 11.5 Å². The molecule has 0 N–H and O–H groups in total. The Hall–Kier alpha value is -2.53. The monoisotopic (exact) mass is 408 g/mol. The maximum atomic E-state index is 13.0. The zero-order chi connectivity index (χ0) is 21.1. The molecule has 0 saturated carbocycles. The predicted octanol–water partition coefficient (Wildman–Crippen LogP) is 4.26. The molecule has 0 unspecified atom stereocenters. The second-order valence-corrected chi connectivity index (χ2v) is 8.56. The van der Waals surface area contributed by atoms with Gasteiger partial charge < -0.3 is 14.4 Å². The Balaban J connectivity index is 1.42. The molecule has 1 amide bonds. The number of fused-ring (bicyclic) bond motifs is 1. The minimum absolute atomic E-state index is 0.163. The molecule has 2 heterocycles. The number of amides is 1. The molecular weight excluding hydrogens is 376 g/mol. The first-order chi connectivity index (χ1) is 14.5. The summed E-state index contributed by atoms with van der Waals surface area (Å²) in [7, 11) is 1.90. The molecular formula is C25H32N2O3. The fraction of sp³-hybridized carbons (Fsp3) is 0.480. The average molecular weight is 409 g/mol. The van der Waals surface area contributed by atoms with Gasteiger partial charge in [-0.15, -0.1) is 0 Å². The predicted molar refractivity (Wildman–Crippen MR) is 118 cm³/mol. The number of nitrogens with zero attached hydrogens (tertiary/aromatic N) is 2. The Morgan fingerprint density at radius 1 is 1.07 bits per heavy atom. The largest absolute Gasteiger partial charge is 0.490 e. The van der Waals surface area contributed by atoms with Crippen molar-refractivity contribution >= 4 is 5.91 Å². The molecule has 1 atom stereocenters. The highest BCUT2D eigenvalue weighted by molar-refractivity contribution is 5.78. The molecule has 2 aromatic rings. The number of hydrogen-bond donors (Lipinski definition) is 0. The van der Waals surface area contributed by atoms with Gasteiger partial charge in [-0.25, -0.2) is 0 Å². The summed E-state index contributed by atoms with van der Waals surface area (Å²) in [4.78, 5) is 17.1. The first-order valence-corrected chi connectivity index (χ1v) is 10.9. The van der Waals surface area contributed by atoms with Gasteiger partial charge in [-0.3, -0.25) is 9.69 Å². The molecule has 1 saturated heterocycles. The van der Waals surface area contributed by atoms with Gasteiger partial charge in [-0.1, -0.05) is 29.8 Å². The molecule has 0 spiro atoms. The summed E-state index contributed by atoms with van der Waals surface area (Å²) in [5.74, 6) is 1.82. The highest BCUT2D eigenvalue weighted by Crippen LogP contribution is 2.37. The summed E-state index contributed by atoms with van der Waals surface area (Å²) in [5, 5.41) is 0. The molecule has 2 aliphatic rings. The van der Waals surface area contributed by atoms with Crippen molar-refractivity contribution in [1.82, 2.24) is 9.80 Å². The van der Waals surface area contributed by atoms with Crippen LogP contribution in [0.25, 0.3) is 0 Å². The van der Waals surface area contributed by atoms with E-state index in [2.05, 4.69) is 49.1 Å². The van der Waals surface area contributed by atoms with Gasteiger partial charge in [0.05, 0.1) is 19.8 Å². The minimum atomic E-state index is 0.163. The molecule has 4 rings (SSSR count). The molecule has 5 heteroatoms. The third-order valence-electron chi connectivity index (χ3n) is 6.19. The molecule has 2 aliphatic heterocycles. The Labute approximate surface area is 179 Å². The van der Waals surface area contributed by atoms with E-state index in [1.165, 1.54) is 22.3 Å². The van der Waals surface area contributed by atoms with Crippen LogP contribution in [-0.4, -0.2) is 49.1 Å². The lowest BCUT2D eigenvalue weighted by Gasteiger charge is -2.27. The number of ether oxygens (including phenoxy) is 2. The van der Waals surface area contributed by atoms with Crippen molar-refractivity contribution in [3.63, 3.8) is 0 Å². The van der Waals surface area contributed by atoms with E-state index < -0.39 is 0 Å². The number of hydrogen-bond acceptors (Lipinski definition) is 4. The zero-order valence-corrected chi connectivity index (χ0v) is 18.3. The highest BCUT2D eigenvalue weighted by Gasteiger charge is 2.29. The molecule has 30 heavy (non-hydrogen) atoms. The summed E-state index contributed by atoms with van der Waals surface area (Å²) in [6.07, 6.45) is 3.07. The lowest BCUT2D eigenvalue weighted by atomic mass is 10.0. The standard InChI is InChI=1S/C25H32N2O3/c1-18-7-8-21(19(2)14-18)16-26(3)25(28)17-27-11-4-6-22(27)20-9-10-23-24(15-20)30-13-5-12-29-23/h7-10,14-15,22H,4-6,11-13,16-17H2,1-3H3/t22-/m1/s1. The molecule has 0 radical (unpaired) electrons. The quantitative estimate of drug-likeness (QED) is 0.741. The van der Waals surface area contributed by atoms with Crippen LogP contribution in [0.4, 0.5) is 0 Å². The normalized spacial score (nSPS) is 18.8.